The Balaban J connectivity index is 2.04. The fraction of sp³-hybridized carbons (Fsp3) is 0.400. The third-order valence-electron chi connectivity index (χ3n) is 3.43. The van der Waals surface area contributed by atoms with Gasteiger partial charge in [0.2, 0.25) is 0 Å². The molecular formula is C15H18N2O. The van der Waals surface area contributed by atoms with E-state index in [1.54, 1.807) is 0 Å². The van der Waals surface area contributed by atoms with Crippen molar-refractivity contribution < 1.29 is 4.74 Å². The number of benzene rings is 1. The Hall–Kier alpha value is -1.45. The van der Waals surface area contributed by atoms with Crippen LogP contribution in [0, 0.1) is 6.92 Å². The molecule has 0 amide bonds. The molecule has 94 valence electrons. The Morgan fingerprint density at radius 1 is 1.33 bits per heavy atom. The number of ether oxygens (including phenoxy) is 1. The molecule has 0 saturated carbocycles. The number of rotatable bonds is 1. The number of aromatic nitrogens is 1. The van der Waals surface area contributed by atoms with E-state index >= 15 is 0 Å². The van der Waals surface area contributed by atoms with Crippen LogP contribution in [0.2, 0.25) is 0 Å². The second-order valence-corrected chi connectivity index (χ2v) is 4.84. The lowest BCUT2D eigenvalue weighted by Gasteiger charge is -2.17. The summed E-state index contributed by atoms with van der Waals surface area (Å²) in [5.74, 6) is 0. The van der Waals surface area contributed by atoms with Crippen LogP contribution in [-0.4, -0.2) is 24.7 Å². The van der Waals surface area contributed by atoms with Gasteiger partial charge >= 0.3 is 0 Å². The van der Waals surface area contributed by atoms with Gasteiger partial charge in [0.1, 0.15) is 0 Å². The molecule has 1 atom stereocenters. The van der Waals surface area contributed by atoms with E-state index in [2.05, 4.69) is 41.5 Å². The van der Waals surface area contributed by atoms with Crippen LogP contribution in [0.3, 0.4) is 0 Å². The van der Waals surface area contributed by atoms with E-state index in [1.807, 2.05) is 6.20 Å². The van der Waals surface area contributed by atoms with Gasteiger partial charge in [-0.2, -0.15) is 0 Å². The largest absolute Gasteiger partial charge is 0.372 e. The van der Waals surface area contributed by atoms with Crippen molar-refractivity contribution >= 4 is 10.9 Å². The average Bonchev–Trinajstić information content (AvgIpc) is 2.66. The zero-order chi connectivity index (χ0) is 12.4. The second-order valence-electron chi connectivity index (χ2n) is 4.84. The lowest BCUT2D eigenvalue weighted by molar-refractivity contribution is 0.0678. The van der Waals surface area contributed by atoms with Crippen molar-refractivity contribution in [3.05, 3.63) is 41.6 Å². The van der Waals surface area contributed by atoms with E-state index in [0.717, 1.165) is 31.6 Å². The smallest absolute Gasteiger partial charge is 0.0956 e. The first-order valence-electron chi connectivity index (χ1n) is 6.52. The predicted molar refractivity (Wildman–Crippen MR) is 72.7 cm³/mol. The topological polar surface area (TPSA) is 34.1 Å². The van der Waals surface area contributed by atoms with Gasteiger partial charge < -0.3 is 10.1 Å². The predicted octanol–water partition coefficient (Wildman–Crippen LogP) is 2.59. The van der Waals surface area contributed by atoms with E-state index in [9.17, 15) is 0 Å². The first-order chi connectivity index (χ1) is 8.84. The maximum atomic E-state index is 5.94. The highest BCUT2D eigenvalue weighted by Gasteiger charge is 2.17. The van der Waals surface area contributed by atoms with Gasteiger partial charge in [0, 0.05) is 24.7 Å². The van der Waals surface area contributed by atoms with Crippen molar-refractivity contribution in [1.82, 2.24) is 10.3 Å². The van der Waals surface area contributed by atoms with E-state index in [0.29, 0.717) is 0 Å². The summed E-state index contributed by atoms with van der Waals surface area (Å²) in [5, 5.41) is 4.63. The highest BCUT2D eigenvalue weighted by atomic mass is 16.5. The quantitative estimate of drug-likeness (QED) is 0.834. The van der Waals surface area contributed by atoms with Crippen LogP contribution in [0.4, 0.5) is 0 Å². The first kappa shape index (κ1) is 11.6. The molecule has 1 unspecified atom stereocenters. The van der Waals surface area contributed by atoms with Gasteiger partial charge in [-0.1, -0.05) is 12.1 Å². The number of hydrogen-bond donors (Lipinski definition) is 1. The molecular weight excluding hydrogens is 224 g/mol. The minimum atomic E-state index is 0.140. The molecule has 1 fully saturated rings. The van der Waals surface area contributed by atoms with Crippen LogP contribution < -0.4 is 5.32 Å². The summed E-state index contributed by atoms with van der Waals surface area (Å²) in [7, 11) is 0. The monoisotopic (exact) mass is 242 g/mol. The van der Waals surface area contributed by atoms with E-state index in [4.69, 9.17) is 4.74 Å². The van der Waals surface area contributed by atoms with Gasteiger partial charge in [-0.3, -0.25) is 4.98 Å². The summed E-state index contributed by atoms with van der Waals surface area (Å²) in [6.07, 6.45) is 3.10. The van der Waals surface area contributed by atoms with Crippen molar-refractivity contribution in [3.8, 4) is 0 Å². The van der Waals surface area contributed by atoms with Crippen LogP contribution in [0.1, 0.15) is 23.7 Å². The van der Waals surface area contributed by atoms with Gasteiger partial charge in [0.05, 0.1) is 11.6 Å². The van der Waals surface area contributed by atoms with Gasteiger partial charge in [-0.05, 0) is 43.1 Å². The average molecular weight is 242 g/mol. The normalized spacial score (nSPS) is 20.8. The fourth-order valence-electron chi connectivity index (χ4n) is 2.48. The minimum Gasteiger partial charge on any atom is -0.372 e. The molecule has 1 aromatic carbocycles. The summed E-state index contributed by atoms with van der Waals surface area (Å²) in [5.41, 5.74) is 3.54. The van der Waals surface area contributed by atoms with Crippen molar-refractivity contribution in [2.75, 3.05) is 19.7 Å². The molecule has 3 nitrogen and oxygen atoms in total. The van der Waals surface area contributed by atoms with Crippen LogP contribution in [0.25, 0.3) is 10.9 Å². The van der Waals surface area contributed by atoms with Crippen LogP contribution in [-0.2, 0) is 4.74 Å². The molecule has 0 radical (unpaired) electrons. The molecule has 3 rings (SSSR count). The number of nitrogens with zero attached hydrogens (tertiary/aromatic N) is 1. The van der Waals surface area contributed by atoms with Gasteiger partial charge in [-0.25, -0.2) is 0 Å². The van der Waals surface area contributed by atoms with Crippen LogP contribution in [0.15, 0.2) is 30.5 Å². The third-order valence-corrected chi connectivity index (χ3v) is 3.43. The number of aryl methyl sites for hydroxylation is 1. The Kier molecular flexibility index (Phi) is 3.26. The molecule has 3 heteroatoms. The highest BCUT2D eigenvalue weighted by Crippen LogP contribution is 2.26. The zero-order valence-electron chi connectivity index (χ0n) is 10.6. The maximum absolute atomic E-state index is 5.94. The van der Waals surface area contributed by atoms with Gasteiger partial charge in [0.25, 0.3) is 0 Å². The molecule has 1 saturated heterocycles. The Morgan fingerprint density at radius 2 is 2.28 bits per heavy atom. The van der Waals surface area contributed by atoms with Crippen molar-refractivity contribution in [2.45, 2.75) is 19.4 Å². The molecule has 0 spiro atoms. The number of fused-ring (bicyclic) bond motifs is 1. The van der Waals surface area contributed by atoms with Gasteiger partial charge in [0.15, 0.2) is 0 Å². The summed E-state index contributed by atoms with van der Waals surface area (Å²) >= 11 is 0. The highest BCUT2D eigenvalue weighted by molar-refractivity contribution is 5.83. The molecule has 2 aromatic rings. The lowest BCUT2D eigenvalue weighted by Crippen LogP contribution is -2.20. The molecule has 2 heterocycles. The van der Waals surface area contributed by atoms with E-state index < -0.39 is 0 Å². The first-order valence-corrected chi connectivity index (χ1v) is 6.52. The summed E-state index contributed by atoms with van der Waals surface area (Å²) in [6.45, 7) is 4.84. The molecule has 1 aliphatic rings. The number of pyridine rings is 1. The van der Waals surface area contributed by atoms with E-state index in [-0.39, 0.29) is 6.10 Å². The lowest BCUT2D eigenvalue weighted by atomic mass is 10.0. The van der Waals surface area contributed by atoms with Crippen LogP contribution >= 0.6 is 0 Å². The molecule has 1 aromatic heterocycles. The zero-order valence-corrected chi connectivity index (χ0v) is 10.6. The summed E-state index contributed by atoms with van der Waals surface area (Å²) in [6, 6.07) is 8.50. The molecule has 1 aliphatic heterocycles. The van der Waals surface area contributed by atoms with Crippen molar-refractivity contribution in [3.63, 3.8) is 0 Å². The van der Waals surface area contributed by atoms with Gasteiger partial charge in [-0.15, -0.1) is 0 Å². The molecule has 0 aliphatic carbocycles. The fourth-order valence-corrected chi connectivity index (χ4v) is 2.48. The van der Waals surface area contributed by atoms with Crippen molar-refractivity contribution in [1.29, 1.82) is 0 Å². The molecule has 0 bridgehead atoms. The SMILES string of the molecule is Cc1ccc2c(C3CNCCCO3)ccnc2c1. The molecule has 18 heavy (non-hydrogen) atoms. The van der Waals surface area contributed by atoms with Crippen LogP contribution in [0.5, 0.6) is 0 Å². The standard InChI is InChI=1S/C15H18N2O/c1-11-3-4-12-13(5-7-17-14(12)9-11)15-10-16-6-2-8-18-15/h3-5,7,9,15-16H,2,6,8,10H2,1H3. The third kappa shape index (κ3) is 2.24. The number of hydrogen-bond acceptors (Lipinski definition) is 3. The molecule has 1 N–H and O–H groups in total. The Morgan fingerprint density at radius 3 is 3.22 bits per heavy atom. The summed E-state index contributed by atoms with van der Waals surface area (Å²) in [4.78, 5) is 4.45. The second kappa shape index (κ2) is 5.04. The summed E-state index contributed by atoms with van der Waals surface area (Å²) < 4.78 is 5.94. The Bertz CT molecular complexity index is 545. The Labute approximate surface area is 107 Å². The van der Waals surface area contributed by atoms with E-state index in [1.165, 1.54) is 16.5 Å². The minimum absolute atomic E-state index is 0.140. The van der Waals surface area contributed by atoms with Crippen molar-refractivity contribution in [2.24, 2.45) is 0 Å². The maximum Gasteiger partial charge on any atom is 0.0956 e. The number of nitrogens with one attached hydrogen (secondary N) is 1.